The molecule has 146 valence electrons. The second-order valence-corrected chi connectivity index (χ2v) is 9.66. The highest BCUT2D eigenvalue weighted by atomic mass is 79.9. The molecule has 0 saturated heterocycles. The molecule has 1 unspecified atom stereocenters. The molecule has 0 bridgehead atoms. The van der Waals surface area contributed by atoms with Gasteiger partial charge in [0.2, 0.25) is 0 Å². The fourth-order valence-electron chi connectivity index (χ4n) is 3.80. The predicted molar refractivity (Wildman–Crippen MR) is 119 cm³/mol. The maximum atomic E-state index is 12.8. The summed E-state index contributed by atoms with van der Waals surface area (Å²) in [6.07, 6.45) is 0. The molecule has 0 aromatic heterocycles. The number of halogens is 4. The molecule has 0 saturated carbocycles. The lowest BCUT2D eigenvalue weighted by Gasteiger charge is -2.38. The summed E-state index contributed by atoms with van der Waals surface area (Å²) >= 11 is 13.7. The molecule has 3 aromatic rings. The van der Waals surface area contributed by atoms with Crippen molar-refractivity contribution in [2.24, 2.45) is 0 Å². The molecule has 5 nitrogen and oxygen atoms in total. The van der Waals surface area contributed by atoms with E-state index in [2.05, 4.69) is 63.7 Å². The van der Waals surface area contributed by atoms with Gasteiger partial charge in [-0.2, -0.15) is 0 Å². The van der Waals surface area contributed by atoms with Crippen LogP contribution in [0.1, 0.15) is 27.0 Å². The molecule has 9 heteroatoms. The number of carbonyl (C=O) groups is 1. The molecule has 1 spiro atoms. The van der Waals surface area contributed by atoms with Crippen molar-refractivity contribution in [3.8, 4) is 23.0 Å². The molecular weight excluding hydrogens is 640 g/mol. The summed E-state index contributed by atoms with van der Waals surface area (Å²) < 4.78 is 13.6. The molecule has 0 fully saturated rings. The first-order chi connectivity index (χ1) is 13.8. The molecule has 1 atom stereocenters. The average molecular weight is 648 g/mol. The largest absolute Gasteiger partial charge is 0.507 e. The third kappa shape index (κ3) is 2.38. The number of rotatable bonds is 0. The monoisotopic (exact) mass is 644 g/mol. The number of hydrogen-bond acceptors (Lipinski definition) is 5. The maximum Gasteiger partial charge on any atom is 0.340 e. The summed E-state index contributed by atoms with van der Waals surface area (Å²) in [5.41, 5.74) is 0.779. The van der Waals surface area contributed by atoms with Gasteiger partial charge in [-0.1, -0.05) is 18.2 Å². The zero-order valence-electron chi connectivity index (χ0n) is 14.1. The number of fused-ring (bicyclic) bond motifs is 6. The summed E-state index contributed by atoms with van der Waals surface area (Å²) in [6, 6.07) is 10.3. The zero-order chi connectivity index (χ0) is 20.7. The third-order valence-electron chi connectivity index (χ3n) is 5.04. The summed E-state index contributed by atoms with van der Waals surface area (Å²) in [5.74, 6) is -0.0346. The number of hydrogen-bond donors (Lipinski definition) is 2. The first-order valence-corrected chi connectivity index (χ1v) is 11.4. The van der Waals surface area contributed by atoms with E-state index in [1.807, 2.05) is 12.1 Å². The molecule has 0 radical (unpaired) electrons. The molecule has 2 aliphatic rings. The van der Waals surface area contributed by atoms with Gasteiger partial charge in [-0.15, -0.1) is 0 Å². The van der Waals surface area contributed by atoms with Crippen molar-refractivity contribution in [1.29, 1.82) is 0 Å². The highest BCUT2D eigenvalue weighted by Crippen LogP contribution is 2.63. The van der Waals surface area contributed by atoms with E-state index < -0.39 is 11.6 Å². The Balaban J connectivity index is 2.01. The van der Waals surface area contributed by atoms with Crippen LogP contribution in [-0.2, 0) is 10.3 Å². The van der Waals surface area contributed by atoms with Gasteiger partial charge >= 0.3 is 5.97 Å². The van der Waals surface area contributed by atoms with Crippen molar-refractivity contribution >= 4 is 69.7 Å². The fraction of sp³-hybridized carbons (Fsp3) is 0.0500. The van der Waals surface area contributed by atoms with Crippen molar-refractivity contribution in [1.82, 2.24) is 0 Å². The second kappa shape index (κ2) is 6.47. The first kappa shape index (κ1) is 19.4. The number of phenolic OH excluding ortho intramolecular Hbond substituents is 2. The normalized spacial score (nSPS) is 18.7. The lowest BCUT2D eigenvalue weighted by molar-refractivity contribution is 0.0220. The van der Waals surface area contributed by atoms with Crippen LogP contribution in [0.5, 0.6) is 23.0 Å². The van der Waals surface area contributed by atoms with Gasteiger partial charge in [-0.25, -0.2) is 4.79 Å². The minimum atomic E-state index is -1.34. The van der Waals surface area contributed by atoms with Crippen LogP contribution in [0.2, 0.25) is 0 Å². The van der Waals surface area contributed by atoms with Gasteiger partial charge in [0.25, 0.3) is 0 Å². The van der Waals surface area contributed by atoms with Crippen molar-refractivity contribution in [2.45, 2.75) is 5.60 Å². The lowest BCUT2D eigenvalue weighted by Crippen LogP contribution is -2.34. The third-order valence-corrected chi connectivity index (χ3v) is 8.64. The van der Waals surface area contributed by atoms with Gasteiger partial charge in [0.1, 0.15) is 20.4 Å². The van der Waals surface area contributed by atoms with Gasteiger partial charge in [0.15, 0.2) is 17.1 Å². The van der Waals surface area contributed by atoms with Gasteiger partial charge in [0.05, 0.1) is 15.6 Å². The van der Waals surface area contributed by atoms with Crippen molar-refractivity contribution < 1.29 is 24.5 Å². The Bertz CT molecular complexity index is 1260. The van der Waals surface area contributed by atoms with E-state index in [9.17, 15) is 15.0 Å². The Morgan fingerprint density at radius 2 is 1.52 bits per heavy atom. The van der Waals surface area contributed by atoms with Crippen LogP contribution in [0.25, 0.3) is 0 Å². The molecule has 29 heavy (non-hydrogen) atoms. The van der Waals surface area contributed by atoms with E-state index in [0.29, 0.717) is 35.7 Å². The summed E-state index contributed by atoms with van der Waals surface area (Å²) in [4.78, 5) is 12.8. The predicted octanol–water partition coefficient (Wildman–Crippen LogP) is 6.72. The number of esters is 1. The summed E-state index contributed by atoms with van der Waals surface area (Å²) in [6.45, 7) is 0. The highest BCUT2D eigenvalue weighted by molar-refractivity contribution is 9.13. The molecule has 2 N–H and O–H groups in total. The van der Waals surface area contributed by atoms with Crippen LogP contribution in [0.15, 0.2) is 54.3 Å². The molecule has 2 aliphatic heterocycles. The van der Waals surface area contributed by atoms with Gasteiger partial charge in [-0.05, 0) is 81.9 Å². The number of ether oxygens (including phenoxy) is 2. The van der Waals surface area contributed by atoms with E-state index in [1.165, 1.54) is 6.07 Å². The van der Waals surface area contributed by atoms with Crippen LogP contribution >= 0.6 is 63.7 Å². The van der Waals surface area contributed by atoms with Crippen LogP contribution in [0, 0.1) is 0 Å². The van der Waals surface area contributed by atoms with E-state index in [-0.39, 0.29) is 27.5 Å². The van der Waals surface area contributed by atoms with Crippen LogP contribution < -0.4 is 4.74 Å². The summed E-state index contributed by atoms with van der Waals surface area (Å²) in [7, 11) is 0. The van der Waals surface area contributed by atoms with Crippen molar-refractivity contribution in [3.63, 3.8) is 0 Å². The quantitative estimate of drug-likeness (QED) is 0.210. The number of phenols is 2. The van der Waals surface area contributed by atoms with Crippen LogP contribution in [0.4, 0.5) is 0 Å². The molecule has 5 rings (SSSR count). The number of benzene rings is 3. The topological polar surface area (TPSA) is 76.0 Å². The highest BCUT2D eigenvalue weighted by Gasteiger charge is 2.56. The van der Waals surface area contributed by atoms with Crippen molar-refractivity contribution in [3.05, 3.63) is 76.5 Å². The maximum absolute atomic E-state index is 12.8. The Morgan fingerprint density at radius 3 is 2.28 bits per heavy atom. The minimum Gasteiger partial charge on any atom is -0.507 e. The molecular formula is C20H8Br4O5. The first-order valence-electron chi connectivity index (χ1n) is 8.21. The Morgan fingerprint density at radius 1 is 0.793 bits per heavy atom. The fourth-order valence-corrected chi connectivity index (χ4v) is 6.01. The SMILES string of the molecule is O=C1OC2(c3ccccc31)c1ccc(O)c(Br)c1Oc1c(Br)c(O)c(Br)c(Br)c12. The zero-order valence-corrected chi connectivity index (χ0v) is 20.4. The average Bonchev–Trinajstić information content (AvgIpc) is 3.01. The van der Waals surface area contributed by atoms with Crippen LogP contribution in [-0.4, -0.2) is 16.2 Å². The van der Waals surface area contributed by atoms with Crippen molar-refractivity contribution in [2.75, 3.05) is 0 Å². The van der Waals surface area contributed by atoms with Gasteiger partial charge in [-0.3, -0.25) is 0 Å². The number of aromatic hydroxyl groups is 2. The Hall–Kier alpha value is -1.55. The Kier molecular flexibility index (Phi) is 4.33. The molecule has 3 aromatic carbocycles. The Labute approximate surface area is 198 Å². The number of carbonyl (C=O) groups excluding carboxylic acids is 1. The molecule has 2 heterocycles. The standard InChI is InChI=1S/C20H8Br4O5/c21-12-10(25)6-5-9-17(12)28-18-11(13(22)14(23)16(26)15(18)24)20(9)8-4-2-1-3-7(8)19(27)29-20/h1-6,25-26H. The summed E-state index contributed by atoms with van der Waals surface area (Å²) in [5, 5.41) is 20.7. The smallest absolute Gasteiger partial charge is 0.340 e. The second-order valence-electron chi connectivity index (χ2n) is 6.49. The van der Waals surface area contributed by atoms with E-state index in [1.54, 1.807) is 18.2 Å². The van der Waals surface area contributed by atoms with E-state index >= 15 is 0 Å². The lowest BCUT2D eigenvalue weighted by atomic mass is 9.77. The van der Waals surface area contributed by atoms with Crippen LogP contribution in [0.3, 0.4) is 0 Å². The van der Waals surface area contributed by atoms with E-state index in [4.69, 9.17) is 9.47 Å². The molecule has 0 amide bonds. The minimum absolute atomic E-state index is 0.0310. The molecule has 0 aliphatic carbocycles. The van der Waals surface area contributed by atoms with Gasteiger partial charge < -0.3 is 19.7 Å². The van der Waals surface area contributed by atoms with Gasteiger partial charge in [0, 0.05) is 15.6 Å². The van der Waals surface area contributed by atoms with E-state index in [0.717, 1.165) is 0 Å².